The molecular weight excluding hydrogens is 460 g/mol. The van der Waals surface area contributed by atoms with Crippen molar-refractivity contribution in [2.45, 2.75) is 12.1 Å². The first-order valence-corrected chi connectivity index (χ1v) is 11.6. The number of nitrogens with one attached hydrogen (secondary N) is 1. The number of anilines is 1. The second kappa shape index (κ2) is 7.83. The van der Waals surface area contributed by atoms with Crippen LogP contribution in [0.25, 0.3) is 5.70 Å². The number of thiophene rings is 1. The minimum Gasteiger partial charge on any atom is -0.497 e. The molecule has 4 aromatic rings. The van der Waals surface area contributed by atoms with Gasteiger partial charge in [-0.3, -0.25) is 0 Å². The number of nitrogens with zero attached hydrogens (tertiary/aromatic N) is 3. The van der Waals surface area contributed by atoms with Crippen molar-refractivity contribution in [2.75, 3.05) is 19.5 Å². The van der Waals surface area contributed by atoms with Crippen LogP contribution in [-0.4, -0.2) is 29.0 Å². The SMILES string of the molecule is COc1ccc(OC)c([C@H]2C3=C(Nc4ncnn42)c2cc(Cl)ccc2O[C@H]3c2cccs2)c1. The number of fused-ring (bicyclic) bond motifs is 3. The third-order valence-electron chi connectivity index (χ3n) is 5.91. The van der Waals surface area contributed by atoms with Gasteiger partial charge in [0.05, 0.1) is 19.9 Å². The fourth-order valence-corrected chi connectivity index (χ4v) is 5.42. The first-order valence-electron chi connectivity index (χ1n) is 10.3. The summed E-state index contributed by atoms with van der Waals surface area (Å²) in [6.45, 7) is 0. The number of methoxy groups -OCH3 is 2. The molecule has 2 aromatic heterocycles. The van der Waals surface area contributed by atoms with Crippen molar-refractivity contribution in [3.05, 3.63) is 86.8 Å². The Hall–Kier alpha value is -3.49. The third kappa shape index (κ3) is 3.17. The van der Waals surface area contributed by atoms with E-state index >= 15 is 0 Å². The molecule has 6 rings (SSSR count). The quantitative estimate of drug-likeness (QED) is 0.413. The van der Waals surface area contributed by atoms with Gasteiger partial charge in [-0.05, 0) is 47.8 Å². The van der Waals surface area contributed by atoms with Gasteiger partial charge in [0.15, 0.2) is 6.10 Å². The number of hydrogen-bond donors (Lipinski definition) is 1. The standard InChI is InChI=1S/C24H19ClN4O3S/c1-30-14-6-8-17(31-2)16(11-14)22-20-21(28-24-26-12-27-29(22)24)15-10-13(25)5-7-18(15)32-23(20)19-4-3-9-33-19/h3-12,22-23H,1-2H3,(H,26,27,28)/t22-,23-/m0/s1. The summed E-state index contributed by atoms with van der Waals surface area (Å²) in [4.78, 5) is 5.55. The lowest BCUT2D eigenvalue weighted by molar-refractivity contribution is 0.226. The van der Waals surface area contributed by atoms with E-state index in [9.17, 15) is 0 Å². The molecule has 0 saturated carbocycles. The van der Waals surface area contributed by atoms with E-state index < -0.39 is 0 Å². The van der Waals surface area contributed by atoms with Gasteiger partial charge in [0, 0.05) is 26.6 Å². The fraction of sp³-hybridized carbons (Fsp3) is 0.167. The van der Waals surface area contributed by atoms with Crippen LogP contribution in [0.3, 0.4) is 0 Å². The number of hydrogen-bond acceptors (Lipinski definition) is 7. The van der Waals surface area contributed by atoms with E-state index in [0.29, 0.717) is 11.0 Å². The molecule has 7 nitrogen and oxygen atoms in total. The van der Waals surface area contributed by atoms with Gasteiger partial charge in [0.1, 0.15) is 29.6 Å². The third-order valence-corrected chi connectivity index (χ3v) is 7.06. The molecule has 2 aromatic carbocycles. The minimum atomic E-state index is -0.344. The van der Waals surface area contributed by atoms with Crippen molar-refractivity contribution >= 4 is 34.6 Å². The van der Waals surface area contributed by atoms with Gasteiger partial charge in [0.2, 0.25) is 5.95 Å². The Morgan fingerprint density at radius 3 is 2.82 bits per heavy atom. The van der Waals surface area contributed by atoms with Crippen LogP contribution in [0.15, 0.2) is 65.8 Å². The van der Waals surface area contributed by atoms with E-state index in [2.05, 4.69) is 26.8 Å². The zero-order chi connectivity index (χ0) is 22.5. The summed E-state index contributed by atoms with van der Waals surface area (Å²) in [6, 6.07) is 15.2. The summed E-state index contributed by atoms with van der Waals surface area (Å²) in [7, 11) is 3.31. The summed E-state index contributed by atoms with van der Waals surface area (Å²) in [6.07, 6.45) is 1.21. The lowest BCUT2D eigenvalue weighted by Gasteiger charge is -2.38. The maximum atomic E-state index is 6.59. The number of ether oxygens (including phenoxy) is 3. The minimum absolute atomic E-state index is 0.334. The maximum absolute atomic E-state index is 6.59. The van der Waals surface area contributed by atoms with Gasteiger partial charge < -0.3 is 19.5 Å². The fourth-order valence-electron chi connectivity index (χ4n) is 4.47. The van der Waals surface area contributed by atoms with Crippen LogP contribution in [0.5, 0.6) is 17.2 Å². The predicted octanol–water partition coefficient (Wildman–Crippen LogP) is 5.57. The highest BCUT2D eigenvalue weighted by molar-refractivity contribution is 7.10. The van der Waals surface area contributed by atoms with E-state index in [4.69, 9.17) is 25.8 Å². The van der Waals surface area contributed by atoms with Crippen LogP contribution in [0.4, 0.5) is 5.95 Å². The molecule has 0 amide bonds. The molecule has 1 N–H and O–H groups in total. The van der Waals surface area contributed by atoms with E-state index in [0.717, 1.165) is 44.5 Å². The van der Waals surface area contributed by atoms with Crippen LogP contribution in [-0.2, 0) is 0 Å². The van der Waals surface area contributed by atoms with Gasteiger partial charge in [-0.15, -0.1) is 11.3 Å². The first-order chi connectivity index (χ1) is 16.2. The van der Waals surface area contributed by atoms with Crippen molar-refractivity contribution in [2.24, 2.45) is 0 Å². The normalized spacial score (nSPS) is 18.5. The average molecular weight is 479 g/mol. The molecule has 0 unspecified atom stereocenters. The van der Waals surface area contributed by atoms with Crippen molar-refractivity contribution in [3.63, 3.8) is 0 Å². The number of benzene rings is 2. The summed E-state index contributed by atoms with van der Waals surface area (Å²) in [5, 5.41) is 10.7. The van der Waals surface area contributed by atoms with E-state index in [1.807, 2.05) is 47.1 Å². The van der Waals surface area contributed by atoms with Gasteiger partial charge in [-0.25, -0.2) is 4.68 Å². The summed E-state index contributed by atoms with van der Waals surface area (Å²) < 4.78 is 19.8. The molecule has 9 heteroatoms. The molecule has 2 aliphatic heterocycles. The average Bonchev–Trinajstić information content (AvgIpc) is 3.54. The van der Waals surface area contributed by atoms with Gasteiger partial charge in [-0.1, -0.05) is 17.7 Å². The smallest absolute Gasteiger partial charge is 0.226 e. The zero-order valence-corrected chi connectivity index (χ0v) is 19.4. The molecule has 33 heavy (non-hydrogen) atoms. The van der Waals surface area contributed by atoms with Gasteiger partial charge in [-0.2, -0.15) is 10.1 Å². The van der Waals surface area contributed by atoms with Gasteiger partial charge in [0.25, 0.3) is 0 Å². The van der Waals surface area contributed by atoms with Crippen LogP contribution in [0.2, 0.25) is 5.02 Å². The summed E-state index contributed by atoms with van der Waals surface area (Å²) in [5.41, 5.74) is 3.68. The van der Waals surface area contributed by atoms with Crippen molar-refractivity contribution in [3.8, 4) is 17.2 Å². The molecule has 2 aliphatic rings. The second-order valence-electron chi connectivity index (χ2n) is 7.65. The van der Waals surface area contributed by atoms with Gasteiger partial charge >= 0.3 is 0 Å². The molecule has 2 atom stereocenters. The molecule has 0 spiro atoms. The van der Waals surface area contributed by atoms with E-state index in [1.165, 1.54) is 0 Å². The highest BCUT2D eigenvalue weighted by Crippen LogP contribution is 2.53. The van der Waals surface area contributed by atoms with Crippen LogP contribution in [0, 0.1) is 0 Å². The van der Waals surface area contributed by atoms with Crippen molar-refractivity contribution < 1.29 is 14.2 Å². The molecule has 0 bridgehead atoms. The van der Waals surface area contributed by atoms with Crippen LogP contribution < -0.4 is 19.5 Å². The molecular formula is C24H19ClN4O3S. The Bertz CT molecular complexity index is 1380. The number of halogens is 1. The summed E-state index contributed by atoms with van der Waals surface area (Å²) in [5.74, 6) is 2.83. The van der Waals surface area contributed by atoms with E-state index in [-0.39, 0.29) is 12.1 Å². The first kappa shape index (κ1) is 20.1. The Labute approximate surface area is 199 Å². The lowest BCUT2D eigenvalue weighted by Crippen LogP contribution is -2.32. The number of rotatable bonds is 4. The van der Waals surface area contributed by atoms with E-state index in [1.54, 1.807) is 31.9 Å². The van der Waals surface area contributed by atoms with Crippen LogP contribution in [0.1, 0.15) is 28.1 Å². The van der Waals surface area contributed by atoms with Crippen molar-refractivity contribution in [1.82, 2.24) is 14.8 Å². The predicted molar refractivity (Wildman–Crippen MR) is 127 cm³/mol. The zero-order valence-electron chi connectivity index (χ0n) is 17.8. The monoisotopic (exact) mass is 478 g/mol. The molecule has 0 radical (unpaired) electrons. The molecule has 166 valence electrons. The highest BCUT2D eigenvalue weighted by Gasteiger charge is 2.42. The largest absolute Gasteiger partial charge is 0.497 e. The Balaban J connectivity index is 1.67. The summed E-state index contributed by atoms with van der Waals surface area (Å²) >= 11 is 8.04. The number of aromatic nitrogens is 3. The molecule has 0 aliphatic carbocycles. The Morgan fingerprint density at radius 1 is 1.12 bits per heavy atom. The second-order valence-corrected chi connectivity index (χ2v) is 9.06. The maximum Gasteiger partial charge on any atom is 0.226 e. The Kier molecular flexibility index (Phi) is 4.78. The highest BCUT2D eigenvalue weighted by atomic mass is 35.5. The van der Waals surface area contributed by atoms with Crippen LogP contribution >= 0.6 is 22.9 Å². The lowest BCUT2D eigenvalue weighted by atomic mass is 9.86. The Morgan fingerprint density at radius 2 is 2.03 bits per heavy atom. The topological polar surface area (TPSA) is 70.4 Å². The van der Waals surface area contributed by atoms with Crippen molar-refractivity contribution in [1.29, 1.82) is 0 Å². The molecule has 0 fully saturated rings. The molecule has 4 heterocycles. The molecule has 0 saturated heterocycles.